The molecule has 0 amide bonds. The Morgan fingerprint density at radius 2 is 1.72 bits per heavy atom. The third-order valence-corrected chi connectivity index (χ3v) is 4.25. The molecule has 0 aromatic carbocycles. The van der Waals surface area contributed by atoms with Crippen LogP contribution >= 0.6 is 11.6 Å². The van der Waals surface area contributed by atoms with Gasteiger partial charge in [-0.25, -0.2) is 9.97 Å². The van der Waals surface area contributed by atoms with Crippen LogP contribution in [-0.2, 0) is 0 Å². The lowest BCUT2D eigenvalue weighted by molar-refractivity contribution is 0.494. The van der Waals surface area contributed by atoms with E-state index < -0.39 is 0 Å². The number of rotatable bonds is 2. The molecule has 1 saturated heterocycles. The van der Waals surface area contributed by atoms with Crippen LogP contribution in [-0.4, -0.2) is 23.1 Å². The van der Waals surface area contributed by atoms with Crippen LogP contribution in [0.5, 0.6) is 0 Å². The van der Waals surface area contributed by atoms with Gasteiger partial charge in [0.1, 0.15) is 16.8 Å². The SMILES string of the molecule is Cc1c(Cl)nc(C(C)C)nc1N1CC(C)C(C)C1. The highest BCUT2D eigenvalue weighted by atomic mass is 35.5. The first-order valence-electron chi connectivity index (χ1n) is 6.69. The number of anilines is 1. The van der Waals surface area contributed by atoms with E-state index >= 15 is 0 Å². The van der Waals surface area contributed by atoms with E-state index in [1.165, 1.54) is 0 Å². The van der Waals surface area contributed by atoms with Crippen LogP contribution in [0.25, 0.3) is 0 Å². The quantitative estimate of drug-likeness (QED) is 0.766. The summed E-state index contributed by atoms with van der Waals surface area (Å²) < 4.78 is 0. The average Bonchev–Trinajstić information content (AvgIpc) is 2.62. The second kappa shape index (κ2) is 5.04. The fraction of sp³-hybridized carbons (Fsp3) is 0.714. The van der Waals surface area contributed by atoms with E-state index in [4.69, 9.17) is 16.6 Å². The number of nitrogens with zero attached hydrogens (tertiary/aromatic N) is 3. The molecule has 1 aromatic rings. The Labute approximate surface area is 115 Å². The number of hydrogen-bond acceptors (Lipinski definition) is 3. The highest BCUT2D eigenvalue weighted by molar-refractivity contribution is 6.30. The summed E-state index contributed by atoms with van der Waals surface area (Å²) in [5.74, 6) is 3.59. The molecule has 0 radical (unpaired) electrons. The fourth-order valence-corrected chi connectivity index (χ4v) is 2.53. The second-order valence-corrected chi connectivity index (χ2v) is 6.19. The van der Waals surface area contributed by atoms with Crippen molar-refractivity contribution >= 4 is 17.4 Å². The molecule has 2 atom stereocenters. The number of hydrogen-bond donors (Lipinski definition) is 0. The molecule has 1 aromatic heterocycles. The normalized spacial score (nSPS) is 24.1. The Hall–Kier alpha value is -0.830. The largest absolute Gasteiger partial charge is 0.356 e. The second-order valence-electron chi connectivity index (χ2n) is 5.84. The van der Waals surface area contributed by atoms with E-state index in [1.807, 2.05) is 6.92 Å². The van der Waals surface area contributed by atoms with Crippen molar-refractivity contribution in [1.29, 1.82) is 0 Å². The van der Waals surface area contributed by atoms with Gasteiger partial charge in [0.25, 0.3) is 0 Å². The van der Waals surface area contributed by atoms with Crippen LogP contribution in [0.3, 0.4) is 0 Å². The zero-order chi connectivity index (χ0) is 13.4. The topological polar surface area (TPSA) is 29.0 Å². The minimum Gasteiger partial charge on any atom is -0.356 e. The van der Waals surface area contributed by atoms with Gasteiger partial charge in [-0.15, -0.1) is 0 Å². The first-order chi connectivity index (χ1) is 8.40. The van der Waals surface area contributed by atoms with Crippen molar-refractivity contribution in [3.05, 3.63) is 16.5 Å². The van der Waals surface area contributed by atoms with Crippen molar-refractivity contribution in [3.63, 3.8) is 0 Å². The third kappa shape index (κ3) is 2.46. The lowest BCUT2D eigenvalue weighted by Gasteiger charge is -2.21. The molecule has 0 aliphatic carbocycles. The summed E-state index contributed by atoms with van der Waals surface area (Å²) in [4.78, 5) is 11.4. The molecule has 100 valence electrons. The highest BCUT2D eigenvalue weighted by Gasteiger charge is 2.28. The zero-order valence-electron chi connectivity index (χ0n) is 11.9. The zero-order valence-corrected chi connectivity index (χ0v) is 12.6. The minimum absolute atomic E-state index is 0.305. The molecular weight excluding hydrogens is 246 g/mol. The number of halogens is 1. The predicted octanol–water partition coefficient (Wildman–Crippen LogP) is 3.65. The van der Waals surface area contributed by atoms with Gasteiger partial charge in [0, 0.05) is 24.6 Å². The minimum atomic E-state index is 0.305. The van der Waals surface area contributed by atoms with Crippen molar-refractivity contribution in [2.45, 2.75) is 40.5 Å². The predicted molar refractivity (Wildman–Crippen MR) is 76.4 cm³/mol. The van der Waals surface area contributed by atoms with Gasteiger partial charge in [-0.3, -0.25) is 0 Å². The Balaban J connectivity index is 2.38. The summed E-state index contributed by atoms with van der Waals surface area (Å²) in [6.45, 7) is 12.9. The molecule has 4 heteroatoms. The van der Waals surface area contributed by atoms with E-state index in [1.54, 1.807) is 0 Å². The smallest absolute Gasteiger partial charge is 0.137 e. The summed E-state index contributed by atoms with van der Waals surface area (Å²) in [5.41, 5.74) is 1.00. The summed E-state index contributed by atoms with van der Waals surface area (Å²) in [7, 11) is 0. The maximum atomic E-state index is 6.24. The molecular formula is C14H22ClN3. The van der Waals surface area contributed by atoms with Crippen molar-refractivity contribution in [3.8, 4) is 0 Å². The molecule has 18 heavy (non-hydrogen) atoms. The van der Waals surface area contributed by atoms with E-state index in [2.05, 4.69) is 37.6 Å². The van der Waals surface area contributed by atoms with E-state index in [0.29, 0.717) is 22.9 Å². The lowest BCUT2D eigenvalue weighted by atomic mass is 10.0. The van der Waals surface area contributed by atoms with E-state index in [9.17, 15) is 0 Å². The molecule has 0 saturated carbocycles. The molecule has 2 unspecified atom stereocenters. The Morgan fingerprint density at radius 1 is 1.17 bits per heavy atom. The Kier molecular flexibility index (Phi) is 3.81. The van der Waals surface area contributed by atoms with Gasteiger partial charge in [0.05, 0.1) is 0 Å². The van der Waals surface area contributed by atoms with Gasteiger partial charge in [0.15, 0.2) is 0 Å². The van der Waals surface area contributed by atoms with Gasteiger partial charge < -0.3 is 4.90 Å². The van der Waals surface area contributed by atoms with Crippen molar-refractivity contribution in [2.24, 2.45) is 11.8 Å². The molecule has 0 bridgehead atoms. The monoisotopic (exact) mass is 267 g/mol. The summed E-state index contributed by atoms with van der Waals surface area (Å²) in [5, 5.41) is 0.593. The third-order valence-electron chi connectivity index (χ3n) is 3.88. The molecule has 2 rings (SSSR count). The van der Waals surface area contributed by atoms with Gasteiger partial charge in [-0.05, 0) is 18.8 Å². The average molecular weight is 268 g/mol. The van der Waals surface area contributed by atoms with Gasteiger partial charge in [-0.2, -0.15) is 0 Å². The maximum absolute atomic E-state index is 6.24. The van der Waals surface area contributed by atoms with Gasteiger partial charge in [0.2, 0.25) is 0 Å². The molecule has 0 spiro atoms. The number of aromatic nitrogens is 2. The molecule has 1 fully saturated rings. The Morgan fingerprint density at radius 3 is 2.22 bits per heavy atom. The van der Waals surface area contributed by atoms with Crippen LogP contribution < -0.4 is 4.90 Å². The van der Waals surface area contributed by atoms with Crippen LogP contribution in [0.15, 0.2) is 0 Å². The lowest BCUT2D eigenvalue weighted by Crippen LogP contribution is -2.23. The molecule has 1 aliphatic heterocycles. The van der Waals surface area contributed by atoms with E-state index in [-0.39, 0.29) is 0 Å². The van der Waals surface area contributed by atoms with Gasteiger partial charge >= 0.3 is 0 Å². The van der Waals surface area contributed by atoms with Gasteiger partial charge in [-0.1, -0.05) is 39.3 Å². The Bertz CT molecular complexity index is 435. The molecule has 1 aliphatic rings. The summed E-state index contributed by atoms with van der Waals surface area (Å²) in [6.07, 6.45) is 0. The van der Waals surface area contributed by atoms with Crippen molar-refractivity contribution in [1.82, 2.24) is 9.97 Å². The van der Waals surface area contributed by atoms with Crippen LogP contribution in [0, 0.1) is 18.8 Å². The summed E-state index contributed by atoms with van der Waals surface area (Å²) in [6, 6.07) is 0. The van der Waals surface area contributed by atoms with E-state index in [0.717, 1.165) is 30.3 Å². The van der Waals surface area contributed by atoms with Crippen LogP contribution in [0.2, 0.25) is 5.15 Å². The molecule has 0 N–H and O–H groups in total. The van der Waals surface area contributed by atoms with Crippen LogP contribution in [0.4, 0.5) is 5.82 Å². The highest BCUT2D eigenvalue weighted by Crippen LogP contribution is 2.31. The first-order valence-corrected chi connectivity index (χ1v) is 7.07. The molecule has 3 nitrogen and oxygen atoms in total. The fourth-order valence-electron chi connectivity index (χ4n) is 2.36. The van der Waals surface area contributed by atoms with Crippen molar-refractivity contribution in [2.75, 3.05) is 18.0 Å². The molecule has 2 heterocycles. The standard InChI is InChI=1S/C14H22ClN3/c1-8(2)13-16-12(15)11(5)14(17-13)18-6-9(3)10(4)7-18/h8-10H,6-7H2,1-5H3. The van der Waals surface area contributed by atoms with Crippen LogP contribution in [0.1, 0.15) is 45.0 Å². The maximum Gasteiger partial charge on any atom is 0.137 e. The first kappa shape index (κ1) is 13.6. The summed E-state index contributed by atoms with van der Waals surface area (Å²) >= 11 is 6.24. The van der Waals surface area contributed by atoms with Crippen molar-refractivity contribution < 1.29 is 0 Å².